The fourth-order valence-corrected chi connectivity index (χ4v) is 1.83. The monoisotopic (exact) mass is 206 g/mol. The largest absolute Gasteiger partial charge is 0.296 e. The first-order valence-corrected chi connectivity index (χ1v) is 5.96. The zero-order valence-electron chi connectivity index (χ0n) is 10.6. The van der Waals surface area contributed by atoms with Gasteiger partial charge in [-0.25, -0.2) is 0 Å². The molecule has 0 atom stereocenters. The van der Waals surface area contributed by atoms with Crippen LogP contribution in [0.1, 0.15) is 31.7 Å². The Hall–Kier alpha value is -0.820. The first kappa shape index (κ1) is 12.3. The fraction of sp³-hybridized carbons (Fsp3) is 0.571. The van der Waals surface area contributed by atoms with E-state index in [0.717, 1.165) is 4.48 Å². The number of unbranched alkanes of at least 4 members (excludes halogenated alkanes) is 2. The minimum atomic E-state index is 1.00. The van der Waals surface area contributed by atoms with Crippen molar-refractivity contribution in [2.24, 2.45) is 0 Å². The van der Waals surface area contributed by atoms with E-state index in [1.165, 1.54) is 37.1 Å². The molecule has 0 unspecified atom stereocenters. The van der Waals surface area contributed by atoms with Crippen LogP contribution in [0.2, 0.25) is 0 Å². The number of hydrogen-bond donors (Lipinski definition) is 0. The summed E-state index contributed by atoms with van der Waals surface area (Å²) in [6.07, 6.45) is 3.96. The summed E-state index contributed by atoms with van der Waals surface area (Å²) in [5.41, 5.74) is 2.75. The third-order valence-corrected chi connectivity index (χ3v) is 3.05. The molecule has 1 aromatic rings. The van der Waals surface area contributed by atoms with Crippen molar-refractivity contribution in [3.8, 4) is 0 Å². The second-order valence-corrected chi connectivity index (χ2v) is 4.95. The van der Waals surface area contributed by atoms with Gasteiger partial charge in [-0.3, -0.25) is 4.48 Å². The molecule has 15 heavy (non-hydrogen) atoms. The van der Waals surface area contributed by atoms with Gasteiger partial charge in [0.15, 0.2) is 0 Å². The smallest absolute Gasteiger partial charge is 0.132 e. The fourth-order valence-electron chi connectivity index (χ4n) is 1.83. The van der Waals surface area contributed by atoms with E-state index in [-0.39, 0.29) is 0 Å². The van der Waals surface area contributed by atoms with Crippen LogP contribution in [0.15, 0.2) is 24.3 Å². The van der Waals surface area contributed by atoms with E-state index >= 15 is 0 Å². The van der Waals surface area contributed by atoms with Crippen LogP contribution in [-0.4, -0.2) is 20.6 Å². The number of hydrogen-bond acceptors (Lipinski definition) is 0. The summed E-state index contributed by atoms with van der Waals surface area (Å²) in [4.78, 5) is 0. The summed E-state index contributed by atoms with van der Waals surface area (Å²) in [5, 5.41) is 0. The van der Waals surface area contributed by atoms with Crippen LogP contribution in [0.4, 0.5) is 5.69 Å². The first-order chi connectivity index (χ1) is 7.06. The van der Waals surface area contributed by atoms with Crippen molar-refractivity contribution in [3.63, 3.8) is 0 Å². The lowest BCUT2D eigenvalue weighted by Gasteiger charge is -2.29. The zero-order valence-corrected chi connectivity index (χ0v) is 10.6. The summed E-state index contributed by atoms with van der Waals surface area (Å²) >= 11 is 0. The Kier molecular flexibility index (Phi) is 4.34. The Morgan fingerprint density at radius 2 is 1.60 bits per heavy atom. The van der Waals surface area contributed by atoms with Gasteiger partial charge in [-0.15, -0.1) is 0 Å². The molecule has 0 amide bonds. The highest BCUT2D eigenvalue weighted by Gasteiger charge is 2.17. The van der Waals surface area contributed by atoms with Gasteiger partial charge in [0.2, 0.25) is 0 Å². The molecular formula is C14H24N+. The van der Waals surface area contributed by atoms with E-state index in [1.807, 2.05) is 0 Å². The third-order valence-electron chi connectivity index (χ3n) is 3.05. The highest BCUT2D eigenvalue weighted by atomic mass is 15.3. The Balaban J connectivity index is 2.63. The lowest BCUT2D eigenvalue weighted by Crippen LogP contribution is -2.41. The summed E-state index contributed by atoms with van der Waals surface area (Å²) in [5.74, 6) is 0. The Morgan fingerprint density at radius 3 is 2.13 bits per heavy atom. The van der Waals surface area contributed by atoms with E-state index < -0.39 is 0 Å². The molecule has 0 spiro atoms. The molecule has 0 aromatic heterocycles. The molecule has 0 heterocycles. The molecule has 0 bridgehead atoms. The molecule has 0 N–H and O–H groups in total. The summed E-state index contributed by atoms with van der Waals surface area (Å²) in [7, 11) is 4.58. The summed E-state index contributed by atoms with van der Waals surface area (Å²) in [6.45, 7) is 5.63. The predicted octanol–water partition coefficient (Wildman–Crippen LogP) is 3.75. The van der Waals surface area contributed by atoms with Gasteiger partial charge in [-0.2, -0.15) is 0 Å². The number of rotatable bonds is 5. The molecule has 0 aliphatic rings. The van der Waals surface area contributed by atoms with Crippen LogP contribution in [0.3, 0.4) is 0 Å². The van der Waals surface area contributed by atoms with Gasteiger partial charge < -0.3 is 0 Å². The topological polar surface area (TPSA) is 0 Å². The second-order valence-electron chi connectivity index (χ2n) is 4.95. The number of benzene rings is 1. The Bertz CT molecular complexity index is 285. The predicted molar refractivity (Wildman–Crippen MR) is 69.2 cm³/mol. The minimum Gasteiger partial charge on any atom is -0.296 e. The van der Waals surface area contributed by atoms with E-state index in [9.17, 15) is 0 Å². The van der Waals surface area contributed by atoms with Crippen LogP contribution in [0, 0.1) is 6.92 Å². The molecule has 1 nitrogen and oxygen atoms in total. The summed E-state index contributed by atoms with van der Waals surface area (Å²) in [6, 6.07) is 8.91. The molecule has 1 rings (SSSR count). The molecular weight excluding hydrogens is 182 g/mol. The maximum Gasteiger partial charge on any atom is 0.132 e. The molecule has 0 radical (unpaired) electrons. The maximum atomic E-state index is 2.29. The third kappa shape index (κ3) is 3.67. The number of quaternary nitrogens is 1. The van der Waals surface area contributed by atoms with Crippen LogP contribution in [0.25, 0.3) is 0 Å². The molecule has 0 fully saturated rings. The molecule has 0 saturated heterocycles. The molecule has 84 valence electrons. The summed E-state index contributed by atoms with van der Waals surface area (Å²) < 4.78 is 1.00. The van der Waals surface area contributed by atoms with Crippen LogP contribution in [0.5, 0.6) is 0 Å². The van der Waals surface area contributed by atoms with E-state index in [0.29, 0.717) is 0 Å². The van der Waals surface area contributed by atoms with Gasteiger partial charge in [0.05, 0.1) is 20.6 Å². The molecule has 1 heteroatoms. The standard InChI is InChI=1S/C14H24N/c1-5-6-7-12-15(3,4)14-10-8-13(2)9-11-14/h8-11H,5-7,12H2,1-4H3/q+1. The van der Waals surface area contributed by atoms with E-state index in [1.54, 1.807) is 0 Å². The lowest BCUT2D eigenvalue weighted by atomic mass is 10.1. The van der Waals surface area contributed by atoms with E-state index in [4.69, 9.17) is 0 Å². The minimum absolute atomic E-state index is 1.00. The average Bonchev–Trinajstić information content (AvgIpc) is 2.18. The Morgan fingerprint density at radius 1 is 1.00 bits per heavy atom. The van der Waals surface area contributed by atoms with Crippen molar-refractivity contribution >= 4 is 5.69 Å². The first-order valence-electron chi connectivity index (χ1n) is 5.96. The van der Waals surface area contributed by atoms with Gasteiger partial charge in [-0.1, -0.05) is 31.0 Å². The molecule has 0 aliphatic heterocycles. The van der Waals surface area contributed by atoms with Crippen molar-refractivity contribution < 1.29 is 0 Å². The maximum absolute atomic E-state index is 2.29. The van der Waals surface area contributed by atoms with Gasteiger partial charge in [0.25, 0.3) is 0 Å². The quantitative estimate of drug-likeness (QED) is 0.508. The van der Waals surface area contributed by atoms with Crippen LogP contribution >= 0.6 is 0 Å². The van der Waals surface area contributed by atoms with Crippen molar-refractivity contribution in [1.82, 2.24) is 4.48 Å². The van der Waals surface area contributed by atoms with Crippen LogP contribution < -0.4 is 4.48 Å². The van der Waals surface area contributed by atoms with Gasteiger partial charge in [-0.05, 0) is 31.9 Å². The van der Waals surface area contributed by atoms with Crippen LogP contribution in [-0.2, 0) is 0 Å². The second kappa shape index (κ2) is 5.32. The van der Waals surface area contributed by atoms with Crippen molar-refractivity contribution in [3.05, 3.63) is 29.8 Å². The normalized spacial score (nSPS) is 11.7. The number of nitrogens with zero attached hydrogens (tertiary/aromatic N) is 1. The SMILES string of the molecule is CCCCC[N+](C)(C)c1ccc(C)cc1. The highest BCUT2D eigenvalue weighted by Crippen LogP contribution is 2.20. The van der Waals surface area contributed by atoms with Gasteiger partial charge in [0.1, 0.15) is 5.69 Å². The van der Waals surface area contributed by atoms with Crippen molar-refractivity contribution in [1.29, 1.82) is 0 Å². The molecule has 1 aromatic carbocycles. The molecule has 0 saturated carbocycles. The van der Waals surface area contributed by atoms with Gasteiger partial charge in [0, 0.05) is 0 Å². The van der Waals surface area contributed by atoms with Crippen molar-refractivity contribution in [2.75, 3.05) is 20.6 Å². The molecule has 0 aliphatic carbocycles. The number of aryl methyl sites for hydroxylation is 1. The Labute approximate surface area is 94.3 Å². The highest BCUT2D eigenvalue weighted by molar-refractivity contribution is 5.42. The van der Waals surface area contributed by atoms with Crippen molar-refractivity contribution in [2.45, 2.75) is 33.1 Å². The van der Waals surface area contributed by atoms with E-state index in [2.05, 4.69) is 52.2 Å². The van der Waals surface area contributed by atoms with Gasteiger partial charge >= 0.3 is 0 Å². The average molecular weight is 206 g/mol. The zero-order chi connectivity index (χ0) is 11.3. The lowest BCUT2D eigenvalue weighted by molar-refractivity contribution is 0.384.